The van der Waals surface area contributed by atoms with Crippen molar-refractivity contribution in [3.05, 3.63) is 71.5 Å². The van der Waals surface area contributed by atoms with Crippen LogP contribution in [0.2, 0.25) is 0 Å². The van der Waals surface area contributed by atoms with Crippen LogP contribution < -0.4 is 10.1 Å². The van der Waals surface area contributed by atoms with E-state index in [-0.39, 0.29) is 11.2 Å². The third-order valence-electron chi connectivity index (χ3n) is 5.39. The van der Waals surface area contributed by atoms with Crippen molar-refractivity contribution in [2.24, 2.45) is 0 Å². The summed E-state index contributed by atoms with van der Waals surface area (Å²) in [5.74, 6) is 0.821. The van der Waals surface area contributed by atoms with Gasteiger partial charge >= 0.3 is 0 Å². The van der Waals surface area contributed by atoms with Crippen LogP contribution in [0.5, 0.6) is 5.75 Å². The van der Waals surface area contributed by atoms with Gasteiger partial charge in [0.15, 0.2) is 5.16 Å². The van der Waals surface area contributed by atoms with Crippen LogP contribution in [0.4, 0.5) is 0 Å². The van der Waals surface area contributed by atoms with E-state index >= 15 is 0 Å². The molecule has 0 bridgehead atoms. The molecule has 1 aromatic heterocycles. The highest BCUT2D eigenvalue weighted by molar-refractivity contribution is 8.00. The number of benzene rings is 2. The van der Waals surface area contributed by atoms with Crippen molar-refractivity contribution in [2.75, 3.05) is 7.11 Å². The Morgan fingerprint density at radius 2 is 1.87 bits per heavy atom. The van der Waals surface area contributed by atoms with Gasteiger partial charge < -0.3 is 10.1 Å². The minimum Gasteiger partial charge on any atom is -0.497 e. The first-order valence-corrected chi connectivity index (χ1v) is 11.3. The van der Waals surface area contributed by atoms with Gasteiger partial charge in [0.2, 0.25) is 5.91 Å². The van der Waals surface area contributed by atoms with Gasteiger partial charge in [-0.05, 0) is 62.4 Å². The number of methoxy groups -OCH3 is 1. The van der Waals surface area contributed by atoms with Crippen LogP contribution in [0.25, 0.3) is 5.69 Å². The average molecular weight is 422 g/mol. The first-order valence-electron chi connectivity index (χ1n) is 10.4. The molecule has 1 aliphatic rings. The Balaban J connectivity index is 1.47. The largest absolute Gasteiger partial charge is 0.497 e. The van der Waals surface area contributed by atoms with E-state index in [2.05, 4.69) is 22.0 Å². The van der Waals surface area contributed by atoms with Crippen LogP contribution in [0, 0.1) is 0 Å². The predicted octanol–water partition coefficient (Wildman–Crippen LogP) is 4.56. The molecule has 0 fully saturated rings. The second-order valence-corrected chi connectivity index (χ2v) is 8.80. The number of hydrogen-bond acceptors (Lipinski definition) is 4. The summed E-state index contributed by atoms with van der Waals surface area (Å²) in [4.78, 5) is 17.7. The Morgan fingerprint density at radius 1 is 1.13 bits per heavy atom. The van der Waals surface area contributed by atoms with Crippen LogP contribution in [0.15, 0.2) is 59.8 Å². The standard InChI is InChI=1S/C24H27N3O2S/c1-17(23(28)25-16-18-12-14-20(29-2)15-13-18)30-24-26-21-10-6-7-11-22(21)27(24)19-8-4-3-5-9-19/h3-5,8-9,12-15,17H,6-7,10-11,16H2,1-2H3,(H,25,28). The molecule has 156 valence electrons. The molecule has 3 aromatic rings. The summed E-state index contributed by atoms with van der Waals surface area (Å²) in [7, 11) is 1.65. The van der Waals surface area contributed by atoms with Crippen LogP contribution >= 0.6 is 11.8 Å². The van der Waals surface area contributed by atoms with Gasteiger partial charge in [-0.1, -0.05) is 42.1 Å². The van der Waals surface area contributed by atoms with Gasteiger partial charge in [0, 0.05) is 17.9 Å². The number of aryl methyl sites for hydroxylation is 1. The second kappa shape index (κ2) is 9.39. The fourth-order valence-electron chi connectivity index (χ4n) is 3.73. The molecule has 1 atom stereocenters. The normalized spacial score (nSPS) is 14.1. The van der Waals surface area contributed by atoms with E-state index in [1.165, 1.54) is 36.0 Å². The number of imidazole rings is 1. The Kier molecular flexibility index (Phi) is 6.43. The zero-order valence-electron chi connectivity index (χ0n) is 17.4. The smallest absolute Gasteiger partial charge is 0.233 e. The highest BCUT2D eigenvalue weighted by atomic mass is 32.2. The number of nitrogens with zero attached hydrogens (tertiary/aromatic N) is 2. The van der Waals surface area contributed by atoms with Gasteiger partial charge in [0.1, 0.15) is 5.75 Å². The molecule has 4 rings (SSSR count). The first-order chi connectivity index (χ1) is 14.7. The molecular formula is C24H27N3O2S. The lowest BCUT2D eigenvalue weighted by molar-refractivity contribution is -0.120. The molecule has 2 aromatic carbocycles. The molecular weight excluding hydrogens is 394 g/mol. The number of carbonyl (C=O) groups excluding carboxylic acids is 1. The average Bonchev–Trinajstić information content (AvgIpc) is 3.16. The molecule has 0 aliphatic heterocycles. The lowest BCUT2D eigenvalue weighted by Gasteiger charge is -2.16. The van der Waals surface area contributed by atoms with Gasteiger partial charge in [-0.3, -0.25) is 9.36 Å². The number of hydrogen-bond donors (Lipinski definition) is 1. The number of ether oxygens (including phenoxy) is 1. The van der Waals surface area contributed by atoms with Crippen LogP contribution in [-0.4, -0.2) is 27.8 Å². The minimum atomic E-state index is -0.241. The fourth-order valence-corrected chi connectivity index (χ4v) is 4.72. The quantitative estimate of drug-likeness (QED) is 0.569. The van der Waals surface area contributed by atoms with E-state index in [1.54, 1.807) is 7.11 Å². The van der Waals surface area contributed by atoms with Gasteiger partial charge in [-0.2, -0.15) is 0 Å². The fraction of sp³-hybridized carbons (Fsp3) is 0.333. The van der Waals surface area contributed by atoms with Gasteiger partial charge in [-0.25, -0.2) is 4.98 Å². The van der Waals surface area contributed by atoms with E-state index in [0.29, 0.717) is 6.54 Å². The van der Waals surface area contributed by atoms with Crippen molar-refractivity contribution in [1.29, 1.82) is 0 Å². The number of nitrogens with one attached hydrogen (secondary N) is 1. The zero-order valence-corrected chi connectivity index (χ0v) is 18.2. The predicted molar refractivity (Wildman–Crippen MR) is 120 cm³/mol. The molecule has 5 nitrogen and oxygen atoms in total. The van der Waals surface area contributed by atoms with Gasteiger partial charge in [0.05, 0.1) is 18.1 Å². The van der Waals surface area contributed by atoms with Crippen LogP contribution in [0.1, 0.15) is 36.7 Å². The Labute approximate surface area is 181 Å². The SMILES string of the molecule is COc1ccc(CNC(=O)C(C)Sc2nc3c(n2-c2ccccc2)CCCC3)cc1. The maximum absolute atomic E-state index is 12.7. The van der Waals surface area contributed by atoms with Crippen molar-refractivity contribution in [3.63, 3.8) is 0 Å². The molecule has 0 saturated carbocycles. The maximum atomic E-state index is 12.7. The second-order valence-electron chi connectivity index (χ2n) is 7.49. The molecule has 1 amide bonds. The van der Waals surface area contributed by atoms with E-state index in [0.717, 1.165) is 35.0 Å². The summed E-state index contributed by atoms with van der Waals surface area (Å²) in [5.41, 5.74) is 4.63. The molecule has 1 heterocycles. The minimum absolute atomic E-state index is 0.0106. The number of thioether (sulfide) groups is 1. The number of fused-ring (bicyclic) bond motifs is 1. The molecule has 1 N–H and O–H groups in total. The number of amides is 1. The van der Waals surface area contributed by atoms with E-state index in [9.17, 15) is 4.79 Å². The summed E-state index contributed by atoms with van der Waals surface area (Å²) >= 11 is 1.53. The zero-order chi connectivity index (χ0) is 20.9. The highest BCUT2D eigenvalue weighted by Gasteiger charge is 2.24. The first kappa shape index (κ1) is 20.5. The van der Waals surface area contributed by atoms with Crippen molar-refractivity contribution >= 4 is 17.7 Å². The topological polar surface area (TPSA) is 56.1 Å². The number of rotatable bonds is 7. The lowest BCUT2D eigenvalue weighted by Crippen LogP contribution is -2.30. The van der Waals surface area contributed by atoms with Crippen LogP contribution in [0.3, 0.4) is 0 Å². The Bertz CT molecular complexity index is 999. The molecule has 30 heavy (non-hydrogen) atoms. The number of carbonyl (C=O) groups is 1. The summed E-state index contributed by atoms with van der Waals surface area (Å²) in [6, 6.07) is 18.1. The molecule has 1 aliphatic carbocycles. The highest BCUT2D eigenvalue weighted by Crippen LogP contribution is 2.32. The summed E-state index contributed by atoms with van der Waals surface area (Å²) < 4.78 is 7.42. The summed E-state index contributed by atoms with van der Waals surface area (Å²) in [6.45, 7) is 2.44. The lowest BCUT2D eigenvalue weighted by atomic mass is 10.0. The molecule has 0 radical (unpaired) electrons. The Hall–Kier alpha value is -2.73. The van der Waals surface area contributed by atoms with Gasteiger partial charge in [-0.15, -0.1) is 0 Å². The number of para-hydroxylation sites is 1. The van der Waals surface area contributed by atoms with Crippen molar-refractivity contribution < 1.29 is 9.53 Å². The molecule has 0 spiro atoms. The van der Waals surface area contributed by atoms with Crippen LogP contribution in [-0.2, 0) is 24.2 Å². The monoisotopic (exact) mass is 421 g/mol. The van der Waals surface area contributed by atoms with Crippen molar-refractivity contribution in [2.45, 2.75) is 49.6 Å². The third-order valence-corrected chi connectivity index (χ3v) is 6.45. The van der Waals surface area contributed by atoms with Gasteiger partial charge in [0.25, 0.3) is 0 Å². The number of aromatic nitrogens is 2. The molecule has 0 saturated heterocycles. The van der Waals surface area contributed by atoms with E-state index in [4.69, 9.17) is 9.72 Å². The third kappa shape index (κ3) is 4.54. The van der Waals surface area contributed by atoms with Crippen molar-refractivity contribution in [1.82, 2.24) is 14.9 Å². The molecule has 6 heteroatoms. The Morgan fingerprint density at radius 3 is 2.60 bits per heavy atom. The van der Waals surface area contributed by atoms with Crippen molar-refractivity contribution in [3.8, 4) is 11.4 Å². The van der Waals surface area contributed by atoms with E-state index < -0.39 is 0 Å². The van der Waals surface area contributed by atoms with E-state index in [1.807, 2.05) is 49.4 Å². The molecule has 1 unspecified atom stereocenters. The maximum Gasteiger partial charge on any atom is 0.233 e. The summed E-state index contributed by atoms with van der Waals surface area (Å²) in [6.07, 6.45) is 4.42. The summed E-state index contributed by atoms with van der Waals surface area (Å²) in [5, 5.41) is 3.70.